The van der Waals surface area contributed by atoms with Gasteiger partial charge in [0.1, 0.15) is 18.4 Å². The van der Waals surface area contributed by atoms with Crippen LogP contribution in [0.2, 0.25) is 10.0 Å². The standard InChI is InChI=1S/C17H17Cl2NO3/c1-20-16(17(21)22-2)11-6-8-12(9-7-11)23-10-13-14(18)4-3-5-15(13)19/h3-9,16,20H,10H2,1-2H3/t16-/m0/s1. The van der Waals surface area contributed by atoms with Crippen LogP contribution in [0.15, 0.2) is 42.5 Å². The highest BCUT2D eigenvalue weighted by atomic mass is 35.5. The monoisotopic (exact) mass is 353 g/mol. The van der Waals surface area contributed by atoms with Gasteiger partial charge in [-0.05, 0) is 36.9 Å². The molecule has 2 aromatic carbocycles. The number of ether oxygens (including phenoxy) is 2. The first-order valence-corrected chi connectivity index (χ1v) is 7.73. The molecule has 0 aromatic heterocycles. The van der Waals surface area contributed by atoms with Gasteiger partial charge in [-0.1, -0.05) is 41.4 Å². The predicted octanol–water partition coefficient (Wildman–Crippen LogP) is 4.01. The topological polar surface area (TPSA) is 47.6 Å². The lowest BCUT2D eigenvalue weighted by Crippen LogP contribution is -2.26. The van der Waals surface area contributed by atoms with Crippen LogP contribution < -0.4 is 10.1 Å². The molecular formula is C17H17Cl2NO3. The van der Waals surface area contributed by atoms with Crippen molar-refractivity contribution in [1.29, 1.82) is 0 Å². The van der Waals surface area contributed by atoms with Gasteiger partial charge in [0.05, 0.1) is 7.11 Å². The van der Waals surface area contributed by atoms with E-state index in [2.05, 4.69) is 5.32 Å². The Morgan fingerprint density at radius 2 is 1.74 bits per heavy atom. The number of carbonyl (C=O) groups is 1. The molecule has 0 unspecified atom stereocenters. The smallest absolute Gasteiger partial charge is 0.327 e. The number of hydrogen-bond donors (Lipinski definition) is 1. The van der Waals surface area contributed by atoms with E-state index in [0.717, 1.165) is 11.1 Å². The average molecular weight is 354 g/mol. The third-order valence-corrected chi connectivity index (χ3v) is 4.09. The maximum absolute atomic E-state index is 11.7. The third-order valence-electron chi connectivity index (χ3n) is 3.38. The summed E-state index contributed by atoms with van der Waals surface area (Å²) in [5, 5.41) is 4.04. The molecule has 0 fully saturated rings. The summed E-state index contributed by atoms with van der Waals surface area (Å²) in [4.78, 5) is 11.7. The lowest BCUT2D eigenvalue weighted by atomic mass is 10.1. The molecule has 0 aliphatic carbocycles. The fourth-order valence-electron chi connectivity index (χ4n) is 2.12. The first kappa shape index (κ1) is 17.6. The van der Waals surface area contributed by atoms with E-state index in [-0.39, 0.29) is 12.6 Å². The van der Waals surface area contributed by atoms with Gasteiger partial charge in [-0.25, -0.2) is 4.79 Å². The molecule has 0 heterocycles. The molecule has 6 heteroatoms. The van der Waals surface area contributed by atoms with E-state index in [1.165, 1.54) is 7.11 Å². The second-order valence-corrected chi connectivity index (χ2v) is 5.62. The largest absolute Gasteiger partial charge is 0.489 e. The van der Waals surface area contributed by atoms with Crippen LogP contribution in [0.25, 0.3) is 0 Å². The van der Waals surface area contributed by atoms with Gasteiger partial charge in [0.25, 0.3) is 0 Å². The van der Waals surface area contributed by atoms with Gasteiger partial charge in [-0.15, -0.1) is 0 Å². The Hall–Kier alpha value is -1.75. The Morgan fingerprint density at radius 3 is 2.26 bits per heavy atom. The number of carbonyl (C=O) groups excluding carboxylic acids is 1. The summed E-state index contributed by atoms with van der Waals surface area (Å²) < 4.78 is 10.5. The first-order chi connectivity index (χ1) is 11.1. The van der Waals surface area contributed by atoms with Gasteiger partial charge in [-0.3, -0.25) is 0 Å². The molecule has 0 amide bonds. The van der Waals surface area contributed by atoms with E-state index in [9.17, 15) is 4.79 Å². The minimum Gasteiger partial charge on any atom is -0.489 e. The summed E-state index contributed by atoms with van der Waals surface area (Å²) in [6.07, 6.45) is 0. The van der Waals surface area contributed by atoms with Crippen LogP contribution in [-0.2, 0) is 16.1 Å². The maximum Gasteiger partial charge on any atom is 0.327 e. The third kappa shape index (κ3) is 4.38. The highest BCUT2D eigenvalue weighted by Gasteiger charge is 2.18. The minimum atomic E-state index is -0.507. The van der Waals surface area contributed by atoms with Gasteiger partial charge in [0.2, 0.25) is 0 Å². The molecule has 0 radical (unpaired) electrons. The lowest BCUT2D eigenvalue weighted by molar-refractivity contribution is -0.143. The number of hydrogen-bond acceptors (Lipinski definition) is 4. The highest BCUT2D eigenvalue weighted by molar-refractivity contribution is 6.35. The predicted molar refractivity (Wildman–Crippen MR) is 91.1 cm³/mol. The second-order valence-electron chi connectivity index (χ2n) is 4.80. The van der Waals surface area contributed by atoms with E-state index < -0.39 is 6.04 Å². The number of likely N-dealkylation sites (N-methyl/N-ethyl adjacent to an activating group) is 1. The number of esters is 1. The van der Waals surface area contributed by atoms with Crippen LogP contribution in [0.3, 0.4) is 0 Å². The van der Waals surface area contributed by atoms with Gasteiger partial charge in [0.15, 0.2) is 0 Å². The SMILES string of the molecule is CN[C@H](C(=O)OC)c1ccc(OCc2c(Cl)cccc2Cl)cc1. The normalized spacial score (nSPS) is 11.8. The zero-order valence-electron chi connectivity index (χ0n) is 12.8. The van der Waals surface area contributed by atoms with Crippen LogP contribution in [0.1, 0.15) is 17.2 Å². The van der Waals surface area contributed by atoms with Crippen LogP contribution in [-0.4, -0.2) is 20.1 Å². The maximum atomic E-state index is 11.7. The average Bonchev–Trinajstić information content (AvgIpc) is 2.56. The Kier molecular flexibility index (Phi) is 6.28. The van der Waals surface area contributed by atoms with Crippen molar-refractivity contribution in [2.24, 2.45) is 0 Å². The van der Waals surface area contributed by atoms with Crippen molar-refractivity contribution in [3.05, 3.63) is 63.6 Å². The summed E-state index contributed by atoms with van der Waals surface area (Å²) >= 11 is 12.2. The molecule has 0 saturated heterocycles. The van der Waals surface area contributed by atoms with Gasteiger partial charge < -0.3 is 14.8 Å². The van der Waals surface area contributed by atoms with Gasteiger partial charge >= 0.3 is 5.97 Å². The molecule has 0 bridgehead atoms. The molecule has 122 valence electrons. The lowest BCUT2D eigenvalue weighted by Gasteiger charge is -2.15. The second kappa shape index (κ2) is 8.20. The zero-order valence-corrected chi connectivity index (χ0v) is 14.3. The van der Waals surface area contributed by atoms with Crippen LogP contribution in [0.5, 0.6) is 5.75 Å². The summed E-state index contributed by atoms with van der Waals surface area (Å²) in [6, 6.07) is 12.0. The van der Waals surface area contributed by atoms with E-state index in [0.29, 0.717) is 15.8 Å². The molecule has 23 heavy (non-hydrogen) atoms. The van der Waals surface area contributed by atoms with E-state index in [1.807, 2.05) is 12.1 Å². The highest BCUT2D eigenvalue weighted by Crippen LogP contribution is 2.26. The van der Waals surface area contributed by atoms with Crippen molar-refractivity contribution in [2.45, 2.75) is 12.6 Å². The molecule has 2 aromatic rings. The number of methoxy groups -OCH3 is 1. The molecule has 4 nitrogen and oxygen atoms in total. The Bertz CT molecular complexity index is 654. The molecule has 2 rings (SSSR count). The van der Waals surface area contributed by atoms with E-state index >= 15 is 0 Å². The van der Waals surface area contributed by atoms with E-state index in [4.69, 9.17) is 32.7 Å². The van der Waals surface area contributed by atoms with Crippen molar-refractivity contribution in [3.63, 3.8) is 0 Å². The summed E-state index contributed by atoms with van der Waals surface area (Å²) in [5.74, 6) is 0.313. The van der Waals surface area contributed by atoms with Crippen molar-refractivity contribution in [2.75, 3.05) is 14.2 Å². The molecule has 0 saturated carbocycles. The Morgan fingerprint density at radius 1 is 1.13 bits per heavy atom. The summed E-state index contributed by atoms with van der Waals surface area (Å²) in [7, 11) is 3.06. The Labute approximate surface area is 145 Å². The van der Waals surface area contributed by atoms with Crippen molar-refractivity contribution in [3.8, 4) is 5.75 Å². The molecule has 0 spiro atoms. The number of nitrogens with one attached hydrogen (secondary N) is 1. The fraction of sp³-hybridized carbons (Fsp3) is 0.235. The van der Waals surface area contributed by atoms with Gasteiger partial charge in [-0.2, -0.15) is 0 Å². The Balaban J connectivity index is 2.07. The summed E-state index contributed by atoms with van der Waals surface area (Å²) in [5.41, 5.74) is 1.53. The molecule has 1 N–H and O–H groups in total. The number of rotatable bonds is 6. The molecule has 0 aliphatic heterocycles. The van der Waals surface area contributed by atoms with E-state index in [1.54, 1.807) is 37.4 Å². The van der Waals surface area contributed by atoms with Crippen LogP contribution in [0.4, 0.5) is 0 Å². The zero-order chi connectivity index (χ0) is 16.8. The molecule has 1 atom stereocenters. The van der Waals surface area contributed by atoms with Crippen molar-refractivity contribution in [1.82, 2.24) is 5.32 Å². The number of halogens is 2. The minimum absolute atomic E-state index is 0.268. The summed E-state index contributed by atoms with van der Waals surface area (Å²) in [6.45, 7) is 0.268. The van der Waals surface area contributed by atoms with Crippen molar-refractivity contribution >= 4 is 29.2 Å². The quantitative estimate of drug-likeness (QED) is 0.797. The fourth-order valence-corrected chi connectivity index (χ4v) is 2.63. The van der Waals surface area contributed by atoms with Gasteiger partial charge in [0, 0.05) is 15.6 Å². The van der Waals surface area contributed by atoms with Crippen molar-refractivity contribution < 1.29 is 14.3 Å². The van der Waals surface area contributed by atoms with Crippen LogP contribution in [0, 0.1) is 0 Å². The molecule has 0 aliphatic rings. The molecular weight excluding hydrogens is 337 g/mol. The first-order valence-electron chi connectivity index (χ1n) is 6.97. The van der Waals surface area contributed by atoms with Crippen LogP contribution >= 0.6 is 23.2 Å². The number of benzene rings is 2.